The third-order valence-electron chi connectivity index (χ3n) is 3.12. The topological polar surface area (TPSA) is 83.5 Å². The molecule has 0 heterocycles. The van der Waals surface area contributed by atoms with Crippen LogP contribution in [0.2, 0.25) is 5.02 Å². The summed E-state index contributed by atoms with van der Waals surface area (Å²) in [5.41, 5.74) is 7.30. The van der Waals surface area contributed by atoms with Gasteiger partial charge in [-0.3, -0.25) is 4.79 Å². The molecule has 0 aliphatic heterocycles. The van der Waals surface area contributed by atoms with Gasteiger partial charge in [-0.2, -0.15) is 0 Å². The molecule has 2 N–H and O–H groups in total. The molecule has 0 saturated carbocycles. The second-order valence-corrected chi connectivity index (χ2v) is 5.30. The third kappa shape index (κ3) is 5.39. The highest BCUT2D eigenvalue weighted by molar-refractivity contribution is 6.31. The maximum Gasteiger partial charge on any atom is 0.437 e. The quantitative estimate of drug-likeness (QED) is 0.913. The summed E-state index contributed by atoms with van der Waals surface area (Å²) < 4.78 is 4.91. The first-order valence-corrected chi connectivity index (χ1v) is 7.39. The maximum absolute atomic E-state index is 11.8. The highest BCUT2D eigenvalue weighted by atomic mass is 35.5. The van der Waals surface area contributed by atoms with Crippen molar-refractivity contribution >= 4 is 23.6 Å². The summed E-state index contributed by atoms with van der Waals surface area (Å²) in [5, 5.41) is 3.87. The number of nitrogens with two attached hydrogens (primary N) is 1. The number of nitrogens with zero attached hydrogens (tertiary/aromatic N) is 1. The molecule has 6 heteroatoms. The summed E-state index contributed by atoms with van der Waals surface area (Å²) in [7, 11) is 0. The number of carbonyl (C=O) groups is 2. The fourth-order valence-corrected chi connectivity index (χ4v) is 2.13. The Kier molecular flexibility index (Phi) is 6.14. The zero-order valence-corrected chi connectivity index (χ0v) is 13.1. The first-order chi connectivity index (χ1) is 11.1. The molecule has 0 bridgehead atoms. The van der Waals surface area contributed by atoms with Crippen LogP contribution in [0.15, 0.2) is 54.6 Å². The summed E-state index contributed by atoms with van der Waals surface area (Å²) >= 11 is 6.01. The number of imide groups is 1. The largest absolute Gasteiger partial charge is 0.443 e. The van der Waals surface area contributed by atoms with Crippen LogP contribution >= 0.6 is 11.6 Å². The first kappa shape index (κ1) is 17.0. The standard InChI is InChI=1S/C17H16ClN2O3/c18-14-9-5-4-8-13(14)10-15(19)16(21)20-17(22)23-11-12-6-2-1-3-7-12/h1-9,15H,10-11,19H2/t15-/m0/s1. The molecule has 5 nitrogen and oxygen atoms in total. The van der Waals surface area contributed by atoms with Crippen LogP contribution in [0.1, 0.15) is 11.1 Å². The van der Waals surface area contributed by atoms with Crippen LogP contribution in [0.5, 0.6) is 0 Å². The van der Waals surface area contributed by atoms with Crippen molar-refractivity contribution in [1.82, 2.24) is 5.32 Å². The Morgan fingerprint density at radius 1 is 1.09 bits per heavy atom. The molecule has 1 atom stereocenters. The minimum Gasteiger partial charge on any atom is -0.443 e. The average Bonchev–Trinajstić information content (AvgIpc) is 2.56. The first-order valence-electron chi connectivity index (χ1n) is 7.01. The number of amides is 2. The molecule has 0 spiro atoms. The molecule has 2 aromatic carbocycles. The highest BCUT2D eigenvalue weighted by Gasteiger charge is 2.20. The number of carbonyl (C=O) groups excluding carboxylic acids is 2. The summed E-state index contributed by atoms with van der Waals surface area (Å²) in [6.07, 6.45) is -0.748. The van der Waals surface area contributed by atoms with Gasteiger partial charge in [0, 0.05) is 5.02 Å². The average molecular weight is 332 g/mol. The lowest BCUT2D eigenvalue weighted by Crippen LogP contribution is -2.40. The minimum absolute atomic E-state index is 0.0518. The molecule has 0 fully saturated rings. The molecule has 0 aromatic heterocycles. The Bertz CT molecular complexity index is 677. The van der Waals surface area contributed by atoms with Gasteiger partial charge in [0.15, 0.2) is 0 Å². The van der Waals surface area contributed by atoms with Gasteiger partial charge in [0.1, 0.15) is 6.61 Å². The van der Waals surface area contributed by atoms with Crippen LogP contribution in [-0.4, -0.2) is 18.0 Å². The monoisotopic (exact) mass is 331 g/mol. The molecule has 2 amide bonds. The van der Waals surface area contributed by atoms with E-state index in [1.807, 2.05) is 18.2 Å². The number of rotatable bonds is 5. The van der Waals surface area contributed by atoms with Crippen molar-refractivity contribution in [3.8, 4) is 0 Å². The minimum atomic E-state index is -0.950. The van der Waals surface area contributed by atoms with E-state index < -0.39 is 18.0 Å². The second-order valence-electron chi connectivity index (χ2n) is 4.89. The van der Waals surface area contributed by atoms with Gasteiger partial charge in [0.05, 0.1) is 6.04 Å². The Morgan fingerprint density at radius 2 is 1.74 bits per heavy atom. The van der Waals surface area contributed by atoms with Gasteiger partial charge in [-0.15, -0.1) is 5.32 Å². The third-order valence-corrected chi connectivity index (χ3v) is 3.49. The predicted octanol–water partition coefficient (Wildman–Crippen LogP) is 2.68. The molecule has 1 radical (unpaired) electrons. The lowest BCUT2D eigenvalue weighted by Gasteiger charge is -2.11. The van der Waals surface area contributed by atoms with Gasteiger partial charge in [-0.05, 0) is 23.6 Å². The molecule has 0 aliphatic carbocycles. The normalized spacial score (nSPS) is 11.6. The van der Waals surface area contributed by atoms with Crippen LogP contribution in [0.4, 0.5) is 4.79 Å². The van der Waals surface area contributed by atoms with Gasteiger partial charge < -0.3 is 10.5 Å². The molecule has 0 unspecified atom stereocenters. The van der Waals surface area contributed by atoms with Crippen molar-refractivity contribution in [2.45, 2.75) is 19.1 Å². The van der Waals surface area contributed by atoms with Crippen molar-refractivity contribution in [1.29, 1.82) is 0 Å². The van der Waals surface area contributed by atoms with E-state index in [9.17, 15) is 9.59 Å². The van der Waals surface area contributed by atoms with E-state index in [1.165, 1.54) is 0 Å². The van der Waals surface area contributed by atoms with Crippen LogP contribution in [0.25, 0.3) is 0 Å². The van der Waals surface area contributed by atoms with E-state index in [0.29, 0.717) is 5.02 Å². The van der Waals surface area contributed by atoms with Crippen molar-refractivity contribution in [2.24, 2.45) is 5.73 Å². The highest BCUT2D eigenvalue weighted by Crippen LogP contribution is 2.16. The van der Waals surface area contributed by atoms with Gasteiger partial charge in [0.25, 0.3) is 5.91 Å². The zero-order valence-electron chi connectivity index (χ0n) is 12.3. The van der Waals surface area contributed by atoms with Gasteiger partial charge in [-0.1, -0.05) is 60.1 Å². The molecular weight excluding hydrogens is 316 g/mol. The molecule has 2 rings (SSSR count). The number of hydrogen-bond donors (Lipinski definition) is 1. The van der Waals surface area contributed by atoms with Crippen LogP contribution in [0.3, 0.4) is 0 Å². The smallest absolute Gasteiger partial charge is 0.437 e. The summed E-state index contributed by atoms with van der Waals surface area (Å²) in [6, 6.07) is 15.2. The predicted molar refractivity (Wildman–Crippen MR) is 86.9 cm³/mol. The Balaban J connectivity index is 1.81. The Labute approximate surface area is 139 Å². The van der Waals surface area contributed by atoms with E-state index >= 15 is 0 Å². The van der Waals surface area contributed by atoms with Crippen LogP contribution in [0, 0.1) is 0 Å². The lowest BCUT2D eigenvalue weighted by molar-refractivity contribution is -0.122. The van der Waals surface area contributed by atoms with E-state index in [1.54, 1.807) is 36.4 Å². The van der Waals surface area contributed by atoms with E-state index in [-0.39, 0.29) is 13.0 Å². The zero-order chi connectivity index (χ0) is 16.7. The summed E-state index contributed by atoms with van der Waals surface area (Å²) in [5.74, 6) is -0.733. The van der Waals surface area contributed by atoms with Gasteiger partial charge >= 0.3 is 6.09 Å². The van der Waals surface area contributed by atoms with Crippen molar-refractivity contribution in [3.63, 3.8) is 0 Å². The number of ether oxygens (including phenoxy) is 1. The van der Waals surface area contributed by atoms with Crippen molar-refractivity contribution < 1.29 is 14.3 Å². The molecule has 119 valence electrons. The number of halogens is 1. The molecular formula is C17H16ClN2O3. The molecule has 0 aliphatic rings. The second kappa shape index (κ2) is 8.31. The number of benzene rings is 2. The van der Waals surface area contributed by atoms with Crippen molar-refractivity contribution in [3.05, 3.63) is 70.7 Å². The molecule has 23 heavy (non-hydrogen) atoms. The van der Waals surface area contributed by atoms with E-state index in [0.717, 1.165) is 11.1 Å². The fraction of sp³-hybridized carbons (Fsp3) is 0.176. The molecule has 2 aromatic rings. The maximum atomic E-state index is 11.8. The van der Waals surface area contributed by atoms with E-state index in [4.69, 9.17) is 22.1 Å². The van der Waals surface area contributed by atoms with Crippen LogP contribution < -0.4 is 11.1 Å². The van der Waals surface area contributed by atoms with Gasteiger partial charge in [0.2, 0.25) is 0 Å². The summed E-state index contributed by atoms with van der Waals surface area (Å²) in [6.45, 7) is 0.0518. The van der Waals surface area contributed by atoms with Gasteiger partial charge in [-0.25, -0.2) is 4.79 Å². The lowest BCUT2D eigenvalue weighted by atomic mass is 10.1. The van der Waals surface area contributed by atoms with E-state index in [2.05, 4.69) is 5.32 Å². The Morgan fingerprint density at radius 3 is 2.43 bits per heavy atom. The SMILES string of the molecule is N[C@@H](Cc1ccccc1Cl)C(=O)[N]C(=O)OCc1ccccc1. The van der Waals surface area contributed by atoms with Crippen molar-refractivity contribution in [2.75, 3.05) is 0 Å². The Hall–Kier alpha value is -2.37. The van der Waals surface area contributed by atoms with Crippen LogP contribution in [-0.2, 0) is 22.6 Å². The fourth-order valence-electron chi connectivity index (χ4n) is 1.91. The summed E-state index contributed by atoms with van der Waals surface area (Å²) in [4.78, 5) is 23.4. The number of hydrogen-bond acceptors (Lipinski definition) is 4. The molecule has 0 saturated heterocycles.